The average molecular weight is 513 g/mol. The largest absolute Gasteiger partial charge is 0.378 e. The smallest absolute Gasteiger partial charge is 0.266 e. The van der Waals surface area contributed by atoms with Crippen molar-refractivity contribution in [3.05, 3.63) is 89.0 Å². The van der Waals surface area contributed by atoms with Crippen molar-refractivity contribution in [2.75, 3.05) is 36.5 Å². The standard InChI is InChI=1S/C26H26F2N4O3S/c1-17(19-5-7-21(8-6-19)32-11-13-35-14-12-32)24-22(28)9-10-23-25(24)30-26(31-36(23,33)34)29-16-18-3-2-4-20(27)15-18/h2-10,15,17H,11-14,16H2,1H3,(H2,29,30,31)/t17-/m1/s1. The number of ether oxygens (including phenoxy) is 1. The van der Waals surface area contributed by atoms with Gasteiger partial charge < -0.3 is 15.0 Å². The highest BCUT2D eigenvalue weighted by atomic mass is 32.2. The Balaban J connectivity index is 1.46. The van der Waals surface area contributed by atoms with Gasteiger partial charge in [0, 0.05) is 30.3 Å². The molecule has 2 heterocycles. The molecule has 0 radical (unpaired) electrons. The average Bonchev–Trinajstić information content (AvgIpc) is 2.87. The van der Waals surface area contributed by atoms with E-state index in [-0.39, 0.29) is 28.7 Å². The summed E-state index contributed by atoms with van der Waals surface area (Å²) in [7, 11) is -3.98. The van der Waals surface area contributed by atoms with E-state index in [0.29, 0.717) is 18.8 Å². The maximum atomic E-state index is 15.2. The molecule has 188 valence electrons. The van der Waals surface area contributed by atoms with E-state index in [2.05, 4.69) is 19.9 Å². The number of aliphatic imine (C=N–C) groups is 1. The Morgan fingerprint density at radius 3 is 2.53 bits per heavy atom. The summed E-state index contributed by atoms with van der Waals surface area (Å²) >= 11 is 0. The number of halogens is 2. The normalized spacial score (nSPS) is 18.8. The van der Waals surface area contributed by atoms with Crippen LogP contribution in [0.25, 0.3) is 0 Å². The van der Waals surface area contributed by atoms with Gasteiger partial charge in [-0.1, -0.05) is 31.2 Å². The summed E-state index contributed by atoms with van der Waals surface area (Å²) in [5.41, 5.74) is 2.85. The van der Waals surface area contributed by atoms with Crippen LogP contribution in [-0.2, 0) is 21.3 Å². The minimum absolute atomic E-state index is 0.0428. The van der Waals surface area contributed by atoms with Gasteiger partial charge in [0.25, 0.3) is 10.0 Å². The summed E-state index contributed by atoms with van der Waals surface area (Å²) < 4.78 is 62.4. The summed E-state index contributed by atoms with van der Waals surface area (Å²) in [6, 6.07) is 16.1. The molecule has 10 heteroatoms. The van der Waals surface area contributed by atoms with Crippen molar-refractivity contribution in [1.82, 2.24) is 4.72 Å². The SMILES string of the molecule is C[C@H](c1ccc(N2CCOCC2)cc1)c1c(F)ccc2c1NC(=NCc1cccc(F)c1)NS2(=O)=O. The van der Waals surface area contributed by atoms with E-state index in [1.54, 1.807) is 12.1 Å². The Bertz CT molecular complexity index is 1410. The number of nitrogens with one attached hydrogen (secondary N) is 2. The third-order valence-electron chi connectivity index (χ3n) is 6.43. The van der Waals surface area contributed by atoms with Crippen LogP contribution in [0.15, 0.2) is 70.6 Å². The van der Waals surface area contributed by atoms with E-state index in [0.717, 1.165) is 24.3 Å². The monoisotopic (exact) mass is 512 g/mol. The van der Waals surface area contributed by atoms with Gasteiger partial charge in [-0.3, -0.25) is 0 Å². The summed E-state index contributed by atoms with van der Waals surface area (Å²) in [6.45, 7) is 4.85. The summed E-state index contributed by atoms with van der Waals surface area (Å²) in [5.74, 6) is -1.42. The number of hydrogen-bond donors (Lipinski definition) is 2. The van der Waals surface area contributed by atoms with E-state index in [1.165, 1.54) is 24.3 Å². The maximum absolute atomic E-state index is 15.2. The molecule has 0 aromatic heterocycles. The zero-order chi connectivity index (χ0) is 25.3. The van der Waals surface area contributed by atoms with Gasteiger partial charge in [0.1, 0.15) is 16.5 Å². The molecule has 1 fully saturated rings. The molecular formula is C26H26F2N4O3S. The highest BCUT2D eigenvalue weighted by Crippen LogP contribution is 2.38. The lowest BCUT2D eigenvalue weighted by Gasteiger charge is -2.29. The quantitative estimate of drug-likeness (QED) is 0.535. The van der Waals surface area contributed by atoms with Gasteiger partial charge in [-0.05, 0) is 47.5 Å². The molecule has 1 saturated heterocycles. The van der Waals surface area contributed by atoms with Crippen LogP contribution >= 0.6 is 0 Å². The number of sulfonamides is 1. The fourth-order valence-corrected chi connectivity index (χ4v) is 5.67. The lowest BCUT2D eigenvalue weighted by molar-refractivity contribution is 0.122. The van der Waals surface area contributed by atoms with Crippen LogP contribution in [0.3, 0.4) is 0 Å². The molecule has 0 aliphatic carbocycles. The topological polar surface area (TPSA) is 83.0 Å². The molecule has 7 nitrogen and oxygen atoms in total. The molecule has 5 rings (SSSR count). The highest BCUT2D eigenvalue weighted by molar-refractivity contribution is 7.90. The van der Waals surface area contributed by atoms with Gasteiger partial charge in [-0.2, -0.15) is 0 Å². The van der Waals surface area contributed by atoms with Crippen LogP contribution in [0.1, 0.15) is 29.5 Å². The first-order valence-corrected chi connectivity index (χ1v) is 13.1. The van der Waals surface area contributed by atoms with Crippen LogP contribution in [-0.4, -0.2) is 40.7 Å². The van der Waals surface area contributed by atoms with Crippen molar-refractivity contribution in [2.24, 2.45) is 4.99 Å². The fourth-order valence-electron chi connectivity index (χ4n) is 4.52. The molecule has 0 amide bonds. The van der Waals surface area contributed by atoms with Crippen molar-refractivity contribution in [2.45, 2.75) is 24.3 Å². The zero-order valence-electron chi connectivity index (χ0n) is 19.7. The van der Waals surface area contributed by atoms with E-state index in [1.807, 2.05) is 31.2 Å². The number of morpholine rings is 1. The van der Waals surface area contributed by atoms with Crippen molar-refractivity contribution in [3.8, 4) is 0 Å². The van der Waals surface area contributed by atoms with E-state index in [9.17, 15) is 12.8 Å². The molecule has 0 saturated carbocycles. The predicted molar refractivity (Wildman–Crippen MR) is 135 cm³/mol. The Kier molecular flexibility index (Phi) is 6.63. The Labute approximate surface area is 208 Å². The summed E-state index contributed by atoms with van der Waals surface area (Å²) in [5, 5.41) is 2.96. The lowest BCUT2D eigenvalue weighted by Crippen LogP contribution is -2.41. The molecule has 2 aliphatic rings. The first kappa shape index (κ1) is 24.2. The van der Waals surface area contributed by atoms with Gasteiger partial charge >= 0.3 is 0 Å². The lowest BCUT2D eigenvalue weighted by atomic mass is 9.91. The van der Waals surface area contributed by atoms with Crippen molar-refractivity contribution < 1.29 is 21.9 Å². The molecule has 1 atom stereocenters. The second-order valence-corrected chi connectivity index (χ2v) is 10.4. The second kappa shape index (κ2) is 9.87. The van der Waals surface area contributed by atoms with Gasteiger partial charge in [0.2, 0.25) is 5.96 Å². The van der Waals surface area contributed by atoms with Crippen LogP contribution in [0.2, 0.25) is 0 Å². The minimum Gasteiger partial charge on any atom is -0.378 e. The summed E-state index contributed by atoms with van der Waals surface area (Å²) in [6.07, 6.45) is 0. The van der Waals surface area contributed by atoms with Gasteiger partial charge in [0.05, 0.1) is 25.4 Å². The molecule has 2 N–H and O–H groups in total. The van der Waals surface area contributed by atoms with E-state index in [4.69, 9.17) is 4.74 Å². The van der Waals surface area contributed by atoms with Gasteiger partial charge in [0.15, 0.2) is 0 Å². The van der Waals surface area contributed by atoms with Crippen LogP contribution in [0, 0.1) is 11.6 Å². The number of rotatable bonds is 5. The Morgan fingerprint density at radius 2 is 1.81 bits per heavy atom. The third kappa shape index (κ3) is 4.91. The number of guanidine groups is 1. The molecule has 0 unspecified atom stereocenters. The summed E-state index contributed by atoms with van der Waals surface area (Å²) in [4.78, 5) is 6.44. The Morgan fingerprint density at radius 1 is 1.06 bits per heavy atom. The molecule has 3 aromatic carbocycles. The van der Waals surface area contributed by atoms with E-state index < -0.39 is 27.6 Å². The number of hydrogen-bond acceptors (Lipinski definition) is 5. The number of benzene rings is 3. The molecule has 0 bridgehead atoms. The number of nitrogens with zero attached hydrogens (tertiary/aromatic N) is 2. The van der Waals surface area contributed by atoms with Crippen molar-refractivity contribution in [1.29, 1.82) is 0 Å². The van der Waals surface area contributed by atoms with Gasteiger partial charge in [-0.25, -0.2) is 26.9 Å². The van der Waals surface area contributed by atoms with Crippen molar-refractivity contribution >= 4 is 27.4 Å². The second-order valence-electron chi connectivity index (χ2n) is 8.77. The van der Waals surface area contributed by atoms with Crippen LogP contribution < -0.4 is 14.9 Å². The molecule has 2 aliphatic heterocycles. The highest BCUT2D eigenvalue weighted by Gasteiger charge is 2.32. The fraction of sp³-hybridized carbons (Fsp3) is 0.269. The number of anilines is 2. The van der Waals surface area contributed by atoms with Crippen molar-refractivity contribution in [3.63, 3.8) is 0 Å². The minimum atomic E-state index is -3.98. The number of fused-ring (bicyclic) bond motifs is 1. The van der Waals surface area contributed by atoms with Gasteiger partial charge in [-0.15, -0.1) is 0 Å². The molecule has 36 heavy (non-hydrogen) atoms. The molecular weight excluding hydrogens is 486 g/mol. The first-order valence-electron chi connectivity index (χ1n) is 11.7. The zero-order valence-corrected chi connectivity index (χ0v) is 20.5. The first-order chi connectivity index (χ1) is 17.3. The predicted octanol–water partition coefficient (Wildman–Crippen LogP) is 4.21. The third-order valence-corrected chi connectivity index (χ3v) is 7.81. The maximum Gasteiger partial charge on any atom is 0.266 e. The molecule has 0 spiro atoms. The van der Waals surface area contributed by atoms with Crippen LogP contribution in [0.4, 0.5) is 20.2 Å². The van der Waals surface area contributed by atoms with E-state index >= 15 is 4.39 Å². The Hall–Kier alpha value is -3.50. The molecule has 3 aromatic rings. The van der Waals surface area contributed by atoms with Crippen LogP contribution in [0.5, 0.6) is 0 Å².